The molecule has 0 aliphatic carbocycles. The summed E-state index contributed by atoms with van der Waals surface area (Å²) in [6, 6.07) is 15.1. The molecule has 0 aliphatic heterocycles. The summed E-state index contributed by atoms with van der Waals surface area (Å²) in [5.74, 6) is 0.584. The van der Waals surface area contributed by atoms with E-state index in [4.69, 9.17) is 16.6 Å². The highest BCUT2D eigenvalue weighted by Crippen LogP contribution is 2.34. The molecule has 0 saturated carbocycles. The van der Waals surface area contributed by atoms with Gasteiger partial charge in [0.1, 0.15) is 11.5 Å². The highest BCUT2D eigenvalue weighted by molar-refractivity contribution is 6.30. The molecular formula is C23H22ClN5O. The first-order valence-electron chi connectivity index (χ1n) is 9.64. The van der Waals surface area contributed by atoms with Crippen LogP contribution in [0.25, 0.3) is 28.2 Å². The third kappa shape index (κ3) is 4.04. The van der Waals surface area contributed by atoms with Crippen molar-refractivity contribution in [3.05, 3.63) is 65.9 Å². The molecule has 0 bridgehead atoms. The Kier molecular flexibility index (Phi) is 5.26. The molecular weight excluding hydrogens is 398 g/mol. The summed E-state index contributed by atoms with van der Waals surface area (Å²) in [7, 11) is 0. The molecule has 152 valence electrons. The lowest BCUT2D eigenvalue weighted by atomic mass is 9.96. The van der Waals surface area contributed by atoms with Crippen molar-refractivity contribution in [1.82, 2.24) is 19.6 Å². The Morgan fingerprint density at radius 1 is 1.07 bits per heavy atom. The first-order valence-corrected chi connectivity index (χ1v) is 10.0. The number of amides is 1. The van der Waals surface area contributed by atoms with Gasteiger partial charge in [-0.15, -0.1) is 0 Å². The van der Waals surface area contributed by atoms with E-state index >= 15 is 0 Å². The molecule has 1 amide bonds. The predicted octanol–water partition coefficient (Wildman–Crippen LogP) is 5.12. The van der Waals surface area contributed by atoms with Gasteiger partial charge < -0.3 is 0 Å². The number of halogens is 1. The average molecular weight is 420 g/mol. The zero-order valence-electron chi connectivity index (χ0n) is 17.1. The van der Waals surface area contributed by atoms with Crippen LogP contribution in [0.4, 0.5) is 5.82 Å². The van der Waals surface area contributed by atoms with Gasteiger partial charge in [0.25, 0.3) is 0 Å². The number of benzene rings is 1. The maximum atomic E-state index is 11.8. The Balaban J connectivity index is 1.89. The van der Waals surface area contributed by atoms with Crippen LogP contribution in [0.1, 0.15) is 20.8 Å². The molecule has 4 rings (SSSR count). The molecule has 6 nitrogen and oxygen atoms in total. The lowest BCUT2D eigenvalue weighted by Crippen LogP contribution is -2.32. The summed E-state index contributed by atoms with van der Waals surface area (Å²) in [6.07, 6.45) is 4.25. The molecule has 0 N–H and O–H groups in total. The number of hydrogen-bond acceptors (Lipinski definition) is 4. The summed E-state index contributed by atoms with van der Waals surface area (Å²) >= 11 is 6.23. The van der Waals surface area contributed by atoms with Crippen molar-refractivity contribution in [2.45, 2.75) is 20.8 Å². The van der Waals surface area contributed by atoms with Crippen molar-refractivity contribution >= 4 is 29.5 Å². The molecule has 0 unspecified atom stereocenters. The minimum Gasteiger partial charge on any atom is -0.299 e. The van der Waals surface area contributed by atoms with Crippen molar-refractivity contribution in [2.75, 3.05) is 11.4 Å². The summed E-state index contributed by atoms with van der Waals surface area (Å²) in [5.41, 5.74) is 4.00. The SMILES string of the molecule is CC(C)(C)CN(C=O)c1cc(-c2c(-c3cccc(Cl)c3)nc3cccnn23)ccn1. The van der Waals surface area contributed by atoms with E-state index < -0.39 is 0 Å². The minimum atomic E-state index is -0.0601. The van der Waals surface area contributed by atoms with Gasteiger partial charge >= 0.3 is 0 Å². The maximum Gasteiger partial charge on any atom is 0.215 e. The second kappa shape index (κ2) is 7.88. The van der Waals surface area contributed by atoms with Gasteiger partial charge in [-0.3, -0.25) is 9.69 Å². The maximum absolute atomic E-state index is 11.8. The smallest absolute Gasteiger partial charge is 0.215 e. The van der Waals surface area contributed by atoms with E-state index in [2.05, 4.69) is 30.9 Å². The number of anilines is 1. The molecule has 0 radical (unpaired) electrons. The third-order valence-electron chi connectivity index (χ3n) is 4.58. The highest BCUT2D eigenvalue weighted by atomic mass is 35.5. The van der Waals surface area contributed by atoms with Crippen LogP contribution in [0.5, 0.6) is 0 Å². The topological polar surface area (TPSA) is 63.4 Å². The predicted molar refractivity (Wildman–Crippen MR) is 120 cm³/mol. The summed E-state index contributed by atoms with van der Waals surface area (Å²) in [6.45, 7) is 6.80. The van der Waals surface area contributed by atoms with Gasteiger partial charge in [0, 0.05) is 35.1 Å². The molecule has 30 heavy (non-hydrogen) atoms. The fourth-order valence-corrected chi connectivity index (χ4v) is 3.58. The molecule has 0 atom stereocenters. The van der Waals surface area contributed by atoms with E-state index in [1.54, 1.807) is 21.8 Å². The van der Waals surface area contributed by atoms with Crippen molar-refractivity contribution in [3.8, 4) is 22.5 Å². The van der Waals surface area contributed by atoms with E-state index in [1.165, 1.54) is 0 Å². The molecule has 7 heteroatoms. The number of imidazole rings is 1. The monoisotopic (exact) mass is 419 g/mol. The largest absolute Gasteiger partial charge is 0.299 e. The van der Waals surface area contributed by atoms with Gasteiger partial charge in [-0.05, 0) is 41.8 Å². The standard InChI is InChI=1S/C23H22ClN5O/c1-23(2,3)14-28(15-30)20-13-17(9-11-25-20)22-21(16-6-4-7-18(24)12-16)27-19-8-5-10-26-29(19)22/h4-13,15H,14H2,1-3H3. The second-order valence-electron chi connectivity index (χ2n) is 8.31. The fourth-order valence-electron chi connectivity index (χ4n) is 3.39. The van der Waals surface area contributed by atoms with Crippen LogP contribution in [0.15, 0.2) is 60.9 Å². The van der Waals surface area contributed by atoms with Crippen molar-refractivity contribution in [1.29, 1.82) is 0 Å². The zero-order valence-corrected chi connectivity index (χ0v) is 17.8. The van der Waals surface area contributed by atoms with E-state index in [-0.39, 0.29) is 5.41 Å². The molecule has 4 aromatic rings. The van der Waals surface area contributed by atoms with Crippen LogP contribution in [0, 0.1) is 5.41 Å². The minimum absolute atomic E-state index is 0.0601. The van der Waals surface area contributed by atoms with Gasteiger partial charge in [0.05, 0.1) is 5.69 Å². The molecule has 1 aromatic carbocycles. The van der Waals surface area contributed by atoms with Gasteiger partial charge in [0.2, 0.25) is 6.41 Å². The van der Waals surface area contributed by atoms with Crippen LogP contribution in [0.3, 0.4) is 0 Å². The number of hydrogen-bond donors (Lipinski definition) is 0. The summed E-state index contributed by atoms with van der Waals surface area (Å²) in [4.78, 5) is 22.6. The van der Waals surface area contributed by atoms with E-state index in [9.17, 15) is 4.79 Å². The Hall–Kier alpha value is -3.25. The van der Waals surface area contributed by atoms with Crippen LogP contribution in [-0.2, 0) is 4.79 Å². The lowest BCUT2D eigenvalue weighted by molar-refractivity contribution is -0.107. The third-order valence-corrected chi connectivity index (χ3v) is 4.81. The average Bonchev–Trinajstić information content (AvgIpc) is 3.11. The van der Waals surface area contributed by atoms with Gasteiger partial charge in [-0.1, -0.05) is 44.5 Å². The summed E-state index contributed by atoms with van der Waals surface area (Å²) < 4.78 is 1.80. The Bertz CT molecular complexity index is 1210. The molecule has 0 fully saturated rings. The summed E-state index contributed by atoms with van der Waals surface area (Å²) in [5, 5.41) is 5.13. The van der Waals surface area contributed by atoms with Gasteiger partial charge in [0.15, 0.2) is 5.65 Å². The van der Waals surface area contributed by atoms with Crippen LogP contribution < -0.4 is 4.90 Å². The Morgan fingerprint density at radius 3 is 2.63 bits per heavy atom. The van der Waals surface area contributed by atoms with E-state index in [0.717, 1.165) is 34.6 Å². The number of pyridine rings is 1. The number of fused-ring (bicyclic) bond motifs is 1. The first kappa shape index (κ1) is 20.0. The Labute approximate surface area is 180 Å². The quantitative estimate of drug-likeness (QED) is 0.421. The van der Waals surface area contributed by atoms with E-state index in [1.807, 2.05) is 48.5 Å². The van der Waals surface area contributed by atoms with Crippen LogP contribution in [0.2, 0.25) is 5.02 Å². The molecule has 0 spiro atoms. The van der Waals surface area contributed by atoms with Crippen molar-refractivity contribution in [3.63, 3.8) is 0 Å². The zero-order chi connectivity index (χ0) is 21.3. The van der Waals surface area contributed by atoms with Crippen molar-refractivity contribution in [2.24, 2.45) is 5.41 Å². The number of carbonyl (C=O) groups is 1. The molecule has 0 saturated heterocycles. The van der Waals surface area contributed by atoms with E-state index in [0.29, 0.717) is 17.4 Å². The number of aromatic nitrogens is 4. The van der Waals surface area contributed by atoms with Crippen LogP contribution in [-0.4, -0.2) is 32.5 Å². The first-order chi connectivity index (χ1) is 14.4. The second-order valence-corrected chi connectivity index (χ2v) is 8.75. The normalized spacial score (nSPS) is 11.6. The number of rotatable bonds is 5. The van der Waals surface area contributed by atoms with Crippen molar-refractivity contribution < 1.29 is 4.79 Å². The molecule has 3 aromatic heterocycles. The van der Waals surface area contributed by atoms with Gasteiger partial charge in [-0.2, -0.15) is 5.10 Å². The van der Waals surface area contributed by atoms with Crippen LogP contribution >= 0.6 is 11.6 Å². The lowest BCUT2D eigenvalue weighted by Gasteiger charge is -2.26. The molecule has 0 aliphatic rings. The van der Waals surface area contributed by atoms with Gasteiger partial charge in [-0.25, -0.2) is 14.5 Å². The number of nitrogens with zero attached hydrogens (tertiary/aromatic N) is 5. The Morgan fingerprint density at radius 2 is 1.90 bits per heavy atom. The fraction of sp³-hybridized carbons (Fsp3) is 0.217. The number of carbonyl (C=O) groups excluding carboxylic acids is 1. The molecule has 3 heterocycles. The highest BCUT2D eigenvalue weighted by Gasteiger charge is 2.21.